The van der Waals surface area contributed by atoms with Crippen LogP contribution in [-0.4, -0.2) is 36.5 Å². The molecule has 4 saturated carbocycles. The summed E-state index contributed by atoms with van der Waals surface area (Å²) in [5.41, 5.74) is 0.447. The van der Waals surface area contributed by atoms with Crippen molar-refractivity contribution in [3.8, 4) is 0 Å². The first-order valence-corrected chi connectivity index (χ1v) is 12.8. The summed E-state index contributed by atoms with van der Waals surface area (Å²) in [5.74, 6) is 3.30. The molecule has 10 atom stereocenters. The Morgan fingerprint density at radius 2 is 1.67 bits per heavy atom. The largest absolute Gasteiger partial charge is 0.393 e. The van der Waals surface area contributed by atoms with Crippen LogP contribution in [0.4, 0.5) is 0 Å². The van der Waals surface area contributed by atoms with Gasteiger partial charge in [-0.2, -0.15) is 0 Å². The van der Waals surface area contributed by atoms with E-state index in [1.807, 2.05) is 0 Å². The summed E-state index contributed by atoms with van der Waals surface area (Å²) in [7, 11) is 0. The molecule has 4 nitrogen and oxygen atoms in total. The maximum Gasteiger partial charge on any atom is 0.160 e. The molecule has 170 valence electrons. The Morgan fingerprint density at radius 1 is 1.00 bits per heavy atom. The van der Waals surface area contributed by atoms with Crippen LogP contribution < -0.4 is 0 Å². The lowest BCUT2D eigenvalue weighted by Gasteiger charge is -2.62. The summed E-state index contributed by atoms with van der Waals surface area (Å²) in [5, 5.41) is 10.4. The first-order valence-electron chi connectivity index (χ1n) is 12.8. The molecule has 4 aliphatic carbocycles. The summed E-state index contributed by atoms with van der Waals surface area (Å²) in [4.78, 5) is 14.0. The molecule has 5 rings (SSSR count). The van der Waals surface area contributed by atoms with Gasteiger partial charge in [0.25, 0.3) is 0 Å². The first kappa shape index (κ1) is 21.4. The molecule has 0 aromatic heterocycles. The van der Waals surface area contributed by atoms with E-state index in [1.165, 1.54) is 25.7 Å². The van der Waals surface area contributed by atoms with E-state index in [2.05, 4.69) is 27.7 Å². The van der Waals surface area contributed by atoms with Gasteiger partial charge in [-0.3, -0.25) is 4.79 Å². The zero-order valence-corrected chi connectivity index (χ0v) is 19.4. The second-order valence-corrected chi connectivity index (χ2v) is 11.9. The zero-order valence-electron chi connectivity index (χ0n) is 19.4. The Labute approximate surface area is 182 Å². The van der Waals surface area contributed by atoms with Gasteiger partial charge in [-0.1, -0.05) is 27.7 Å². The van der Waals surface area contributed by atoms with Crippen LogP contribution in [0.15, 0.2) is 0 Å². The molecule has 0 aromatic rings. The highest BCUT2D eigenvalue weighted by atomic mass is 16.7. The fourth-order valence-corrected chi connectivity index (χ4v) is 9.41. The molecule has 0 aromatic carbocycles. The van der Waals surface area contributed by atoms with E-state index in [1.54, 1.807) is 0 Å². The van der Waals surface area contributed by atoms with Crippen LogP contribution in [0.5, 0.6) is 0 Å². The predicted molar refractivity (Wildman–Crippen MR) is 116 cm³/mol. The van der Waals surface area contributed by atoms with Crippen LogP contribution in [-0.2, 0) is 14.3 Å². The molecule has 4 heteroatoms. The summed E-state index contributed by atoms with van der Waals surface area (Å²) >= 11 is 0. The van der Waals surface area contributed by atoms with Crippen molar-refractivity contribution in [1.82, 2.24) is 0 Å². The zero-order chi connectivity index (χ0) is 21.3. The second kappa shape index (κ2) is 7.56. The number of carbonyl (C=O) groups excluding carboxylic acids is 1. The summed E-state index contributed by atoms with van der Waals surface area (Å²) in [6.07, 6.45) is 8.31. The molecule has 1 heterocycles. The lowest BCUT2D eigenvalue weighted by atomic mass is 9.42. The van der Waals surface area contributed by atoms with E-state index in [9.17, 15) is 9.90 Å². The van der Waals surface area contributed by atoms with Crippen molar-refractivity contribution in [3.05, 3.63) is 0 Å². The lowest BCUT2D eigenvalue weighted by Crippen LogP contribution is -2.60. The van der Waals surface area contributed by atoms with Crippen LogP contribution in [0, 0.1) is 52.3 Å². The molecule has 1 aliphatic heterocycles. The monoisotopic (exact) mass is 418 g/mol. The molecule has 4 unspecified atom stereocenters. The van der Waals surface area contributed by atoms with Gasteiger partial charge in [-0.25, -0.2) is 0 Å². The minimum absolute atomic E-state index is 0.0597. The molecule has 0 spiro atoms. The molecular weight excluding hydrogens is 376 g/mol. The Hall–Kier alpha value is -0.450. The number of ketones is 1. The Bertz CT molecular complexity index is 672. The van der Waals surface area contributed by atoms with Crippen molar-refractivity contribution < 1.29 is 19.4 Å². The van der Waals surface area contributed by atoms with Crippen LogP contribution >= 0.6 is 0 Å². The SMILES string of the molecule is CC[C@H]1C(=O)C2C(CC[C@@]3(C)C2CC[C@@H]3[C@H](C)C2OCCO2)[C@@]2(C)CC[C@@H](O)CC12. The highest BCUT2D eigenvalue weighted by Crippen LogP contribution is 2.68. The third-order valence-electron chi connectivity index (χ3n) is 10.9. The molecule has 5 fully saturated rings. The smallest absolute Gasteiger partial charge is 0.160 e. The minimum atomic E-state index is -0.210. The Kier molecular flexibility index (Phi) is 5.39. The van der Waals surface area contributed by atoms with Crippen LogP contribution in [0.2, 0.25) is 0 Å². The number of hydrogen-bond acceptors (Lipinski definition) is 4. The fraction of sp³-hybridized carbons (Fsp3) is 0.962. The van der Waals surface area contributed by atoms with Crippen molar-refractivity contribution in [2.24, 2.45) is 52.3 Å². The van der Waals surface area contributed by atoms with Gasteiger partial charge < -0.3 is 14.6 Å². The molecule has 0 bridgehead atoms. The van der Waals surface area contributed by atoms with E-state index < -0.39 is 0 Å². The number of rotatable bonds is 3. The summed E-state index contributed by atoms with van der Waals surface area (Å²) in [6, 6.07) is 0. The lowest BCUT2D eigenvalue weighted by molar-refractivity contribution is -0.176. The van der Waals surface area contributed by atoms with Gasteiger partial charge in [-0.15, -0.1) is 0 Å². The molecule has 1 N–H and O–H groups in total. The van der Waals surface area contributed by atoms with Gasteiger partial charge in [0.2, 0.25) is 0 Å². The minimum Gasteiger partial charge on any atom is -0.393 e. The van der Waals surface area contributed by atoms with Gasteiger partial charge in [0.15, 0.2) is 6.29 Å². The van der Waals surface area contributed by atoms with Crippen molar-refractivity contribution in [3.63, 3.8) is 0 Å². The molecule has 0 radical (unpaired) electrons. The average molecular weight is 419 g/mol. The maximum absolute atomic E-state index is 14.0. The highest BCUT2D eigenvalue weighted by molar-refractivity contribution is 5.86. The van der Waals surface area contributed by atoms with E-state index in [0.29, 0.717) is 35.4 Å². The Morgan fingerprint density at radius 3 is 2.37 bits per heavy atom. The average Bonchev–Trinajstić information content (AvgIpc) is 3.37. The standard InChI is InChI=1S/C26H42O4/c1-5-17-21-14-16(27)8-10-26(21,4)20-9-11-25(3)18(15(2)24-29-12-13-30-24)6-7-19(25)22(20)23(17)28/h15-22,24,27H,5-14H2,1-4H3/t15-,16+,17+,18+,19?,20?,21?,22?,25+,26+/m0/s1. The van der Waals surface area contributed by atoms with E-state index in [-0.39, 0.29) is 35.1 Å². The molecule has 1 saturated heterocycles. The number of aliphatic hydroxyl groups excluding tert-OH is 1. The second-order valence-electron chi connectivity index (χ2n) is 11.9. The quantitative estimate of drug-likeness (QED) is 0.713. The van der Waals surface area contributed by atoms with Crippen molar-refractivity contribution >= 4 is 5.78 Å². The number of hydrogen-bond donors (Lipinski definition) is 1. The third kappa shape index (κ3) is 2.92. The van der Waals surface area contributed by atoms with Gasteiger partial charge in [0.1, 0.15) is 5.78 Å². The number of ether oxygens (including phenoxy) is 2. The van der Waals surface area contributed by atoms with Gasteiger partial charge in [0, 0.05) is 17.8 Å². The maximum atomic E-state index is 14.0. The van der Waals surface area contributed by atoms with E-state index in [4.69, 9.17) is 9.47 Å². The number of aliphatic hydroxyl groups is 1. The van der Waals surface area contributed by atoms with E-state index >= 15 is 0 Å². The summed E-state index contributed by atoms with van der Waals surface area (Å²) in [6.45, 7) is 10.9. The number of carbonyl (C=O) groups is 1. The molecular formula is C26H42O4. The normalized spacial score (nSPS) is 52.6. The number of fused-ring (bicyclic) bond motifs is 5. The number of Topliss-reactive ketones (excluding diaryl/α,β-unsaturated/α-hetero) is 1. The van der Waals surface area contributed by atoms with Crippen LogP contribution in [0.1, 0.15) is 79.1 Å². The predicted octanol–water partition coefficient (Wildman–Crippen LogP) is 4.83. The van der Waals surface area contributed by atoms with Crippen molar-refractivity contribution in [2.75, 3.05) is 13.2 Å². The highest BCUT2D eigenvalue weighted by Gasteiger charge is 2.65. The van der Waals surface area contributed by atoms with Crippen molar-refractivity contribution in [2.45, 2.75) is 91.5 Å². The van der Waals surface area contributed by atoms with E-state index in [0.717, 1.165) is 38.9 Å². The van der Waals surface area contributed by atoms with Crippen LogP contribution in [0.25, 0.3) is 0 Å². The molecule has 30 heavy (non-hydrogen) atoms. The van der Waals surface area contributed by atoms with Gasteiger partial charge in [-0.05, 0) is 85.9 Å². The summed E-state index contributed by atoms with van der Waals surface area (Å²) < 4.78 is 11.8. The molecule has 0 amide bonds. The Balaban J connectivity index is 1.46. The topological polar surface area (TPSA) is 55.8 Å². The third-order valence-corrected chi connectivity index (χ3v) is 10.9. The first-order chi connectivity index (χ1) is 14.3. The fourth-order valence-electron chi connectivity index (χ4n) is 9.41. The van der Waals surface area contributed by atoms with Crippen molar-refractivity contribution in [1.29, 1.82) is 0 Å². The van der Waals surface area contributed by atoms with Gasteiger partial charge in [0.05, 0.1) is 19.3 Å². The molecule has 5 aliphatic rings. The van der Waals surface area contributed by atoms with Crippen LogP contribution in [0.3, 0.4) is 0 Å². The van der Waals surface area contributed by atoms with Gasteiger partial charge >= 0.3 is 0 Å².